The summed E-state index contributed by atoms with van der Waals surface area (Å²) >= 11 is 3.46. The molecule has 0 heterocycles. The number of nitrogens with one attached hydrogen (secondary N) is 1. The molecular weight excluding hydrogens is 492 g/mol. The van der Waals surface area contributed by atoms with E-state index in [1.54, 1.807) is 11.8 Å². The van der Waals surface area contributed by atoms with E-state index in [-0.39, 0.29) is 29.9 Å². The van der Waals surface area contributed by atoms with Crippen LogP contribution in [0.2, 0.25) is 0 Å². The summed E-state index contributed by atoms with van der Waals surface area (Å²) in [6.07, 6.45) is 5.52. The predicted molar refractivity (Wildman–Crippen MR) is 140 cm³/mol. The van der Waals surface area contributed by atoms with Crippen LogP contribution < -0.4 is 10.1 Å². The molecule has 1 fully saturated rings. The molecule has 1 saturated carbocycles. The lowest BCUT2D eigenvalue weighted by Crippen LogP contribution is -2.51. The summed E-state index contributed by atoms with van der Waals surface area (Å²) in [6, 6.07) is 15.2. The van der Waals surface area contributed by atoms with Gasteiger partial charge >= 0.3 is 0 Å². The van der Waals surface area contributed by atoms with Crippen LogP contribution in [0.4, 0.5) is 0 Å². The molecule has 34 heavy (non-hydrogen) atoms. The number of hydrogen-bond acceptors (Lipinski definition) is 3. The Bertz CT molecular complexity index is 962. The lowest BCUT2D eigenvalue weighted by molar-refractivity contribution is -0.142. The number of halogens is 1. The van der Waals surface area contributed by atoms with Crippen LogP contribution in [-0.4, -0.2) is 35.4 Å². The molecular formula is C28H37BrN2O3. The summed E-state index contributed by atoms with van der Waals surface area (Å²) in [5, 5.41) is 3.17. The van der Waals surface area contributed by atoms with E-state index in [0.29, 0.717) is 12.3 Å². The zero-order valence-electron chi connectivity index (χ0n) is 20.8. The summed E-state index contributed by atoms with van der Waals surface area (Å²) in [5.41, 5.74) is 1.90. The number of carbonyl (C=O) groups excluding carboxylic acids is 2. The quantitative estimate of drug-likeness (QED) is 0.457. The molecule has 1 N–H and O–H groups in total. The first-order valence-corrected chi connectivity index (χ1v) is 13.0. The van der Waals surface area contributed by atoms with Crippen LogP contribution in [0.1, 0.15) is 70.9 Å². The molecule has 184 valence electrons. The van der Waals surface area contributed by atoms with Crippen molar-refractivity contribution in [3.8, 4) is 5.75 Å². The van der Waals surface area contributed by atoms with E-state index in [0.717, 1.165) is 41.3 Å². The van der Waals surface area contributed by atoms with Gasteiger partial charge in [0.1, 0.15) is 11.8 Å². The number of benzene rings is 2. The number of carbonyl (C=O) groups is 2. The van der Waals surface area contributed by atoms with Gasteiger partial charge in [0.2, 0.25) is 5.91 Å². The van der Waals surface area contributed by atoms with Crippen LogP contribution in [0.5, 0.6) is 5.75 Å². The van der Waals surface area contributed by atoms with Gasteiger partial charge in [0.15, 0.2) is 6.61 Å². The van der Waals surface area contributed by atoms with Crippen LogP contribution in [0, 0.1) is 0 Å². The lowest BCUT2D eigenvalue weighted by Gasteiger charge is -2.31. The van der Waals surface area contributed by atoms with Gasteiger partial charge in [0.05, 0.1) is 0 Å². The van der Waals surface area contributed by atoms with Gasteiger partial charge in [-0.05, 0) is 54.5 Å². The standard InChI is InChI=1S/C28H37BrN2O3/c1-20(27(33)30-23-10-6-5-7-11-23)31(18-21-14-16-22(29)17-15-21)26(32)19-34-25-13-9-8-12-24(25)28(2,3)4/h8-9,12-17,20,23H,5-7,10-11,18-19H2,1-4H3,(H,30,33)/t20-/m0/s1. The van der Waals surface area contributed by atoms with Crippen molar-refractivity contribution in [3.05, 3.63) is 64.1 Å². The molecule has 1 aliphatic carbocycles. The van der Waals surface area contributed by atoms with Crippen LogP contribution in [0.3, 0.4) is 0 Å². The monoisotopic (exact) mass is 528 g/mol. The summed E-state index contributed by atoms with van der Waals surface area (Å²) in [6.45, 7) is 8.38. The molecule has 1 aliphatic rings. The third-order valence-electron chi connectivity index (χ3n) is 6.43. The van der Waals surface area contributed by atoms with Crippen molar-refractivity contribution in [1.82, 2.24) is 10.2 Å². The number of ether oxygens (including phenoxy) is 1. The Morgan fingerprint density at radius 1 is 1.06 bits per heavy atom. The second kappa shape index (κ2) is 11.9. The minimum Gasteiger partial charge on any atom is -0.483 e. The highest BCUT2D eigenvalue weighted by atomic mass is 79.9. The second-order valence-electron chi connectivity index (χ2n) is 10.2. The highest BCUT2D eigenvalue weighted by Crippen LogP contribution is 2.31. The normalized spacial score (nSPS) is 15.4. The molecule has 0 bridgehead atoms. The number of para-hydroxylation sites is 1. The first kappa shape index (κ1) is 26.3. The Morgan fingerprint density at radius 2 is 1.71 bits per heavy atom. The van der Waals surface area contributed by atoms with Gasteiger partial charge in [-0.2, -0.15) is 0 Å². The molecule has 0 spiro atoms. The number of rotatable bonds is 8. The minimum atomic E-state index is -0.598. The molecule has 5 nitrogen and oxygen atoms in total. The summed E-state index contributed by atoms with van der Waals surface area (Å²) in [7, 11) is 0. The van der Waals surface area contributed by atoms with Crippen molar-refractivity contribution in [2.45, 2.75) is 83.8 Å². The van der Waals surface area contributed by atoms with Gasteiger partial charge in [-0.25, -0.2) is 0 Å². The van der Waals surface area contributed by atoms with Gasteiger partial charge in [0, 0.05) is 17.1 Å². The largest absolute Gasteiger partial charge is 0.483 e. The fourth-order valence-electron chi connectivity index (χ4n) is 4.37. The van der Waals surface area contributed by atoms with E-state index in [2.05, 4.69) is 42.0 Å². The van der Waals surface area contributed by atoms with Gasteiger partial charge in [0.25, 0.3) is 5.91 Å². The van der Waals surface area contributed by atoms with Crippen LogP contribution >= 0.6 is 15.9 Å². The predicted octanol–water partition coefficient (Wildman–Crippen LogP) is 5.99. The van der Waals surface area contributed by atoms with Gasteiger partial charge in [-0.15, -0.1) is 0 Å². The van der Waals surface area contributed by atoms with Crippen LogP contribution in [-0.2, 0) is 21.5 Å². The van der Waals surface area contributed by atoms with Crippen molar-refractivity contribution in [2.24, 2.45) is 0 Å². The zero-order valence-corrected chi connectivity index (χ0v) is 22.4. The van der Waals surface area contributed by atoms with E-state index in [9.17, 15) is 9.59 Å². The smallest absolute Gasteiger partial charge is 0.261 e. The molecule has 3 rings (SSSR count). The molecule has 6 heteroatoms. The highest BCUT2D eigenvalue weighted by molar-refractivity contribution is 9.10. The Hall–Kier alpha value is -2.34. The zero-order chi connectivity index (χ0) is 24.7. The van der Waals surface area contributed by atoms with Crippen LogP contribution in [0.25, 0.3) is 0 Å². The molecule has 0 saturated heterocycles. The highest BCUT2D eigenvalue weighted by Gasteiger charge is 2.29. The topological polar surface area (TPSA) is 58.6 Å². The van der Waals surface area contributed by atoms with Crippen molar-refractivity contribution in [2.75, 3.05) is 6.61 Å². The molecule has 0 aromatic heterocycles. The average Bonchev–Trinajstić information content (AvgIpc) is 2.82. The third-order valence-corrected chi connectivity index (χ3v) is 6.96. The van der Waals surface area contributed by atoms with E-state index in [1.807, 2.05) is 48.5 Å². The lowest BCUT2D eigenvalue weighted by atomic mass is 9.86. The molecule has 0 radical (unpaired) electrons. The SMILES string of the molecule is C[C@@H](C(=O)NC1CCCCC1)N(Cc1ccc(Br)cc1)C(=O)COc1ccccc1C(C)(C)C. The Labute approximate surface area is 212 Å². The Morgan fingerprint density at radius 3 is 2.35 bits per heavy atom. The molecule has 2 amide bonds. The molecule has 0 aliphatic heterocycles. The van der Waals surface area contributed by atoms with Gasteiger partial charge < -0.3 is 15.0 Å². The maximum atomic E-state index is 13.4. The van der Waals surface area contributed by atoms with Crippen molar-refractivity contribution in [1.29, 1.82) is 0 Å². The fourth-order valence-corrected chi connectivity index (χ4v) is 4.64. The molecule has 2 aromatic carbocycles. The summed E-state index contributed by atoms with van der Waals surface area (Å²) < 4.78 is 6.98. The Kier molecular flexibility index (Phi) is 9.17. The third kappa shape index (κ3) is 7.33. The van der Waals surface area contributed by atoms with E-state index in [1.165, 1.54) is 6.42 Å². The van der Waals surface area contributed by atoms with Gasteiger partial charge in [-0.1, -0.05) is 86.3 Å². The fraction of sp³-hybridized carbons (Fsp3) is 0.500. The number of nitrogens with zero attached hydrogens (tertiary/aromatic N) is 1. The van der Waals surface area contributed by atoms with Crippen molar-refractivity contribution < 1.29 is 14.3 Å². The summed E-state index contributed by atoms with van der Waals surface area (Å²) in [4.78, 5) is 28.1. The number of amides is 2. The average molecular weight is 530 g/mol. The van der Waals surface area contributed by atoms with Crippen molar-refractivity contribution >= 4 is 27.7 Å². The van der Waals surface area contributed by atoms with Gasteiger partial charge in [-0.3, -0.25) is 9.59 Å². The first-order valence-electron chi connectivity index (χ1n) is 12.2. The number of hydrogen-bond donors (Lipinski definition) is 1. The maximum Gasteiger partial charge on any atom is 0.261 e. The maximum absolute atomic E-state index is 13.4. The minimum absolute atomic E-state index is 0.104. The van der Waals surface area contributed by atoms with E-state index in [4.69, 9.17) is 4.74 Å². The van der Waals surface area contributed by atoms with E-state index >= 15 is 0 Å². The summed E-state index contributed by atoms with van der Waals surface area (Å²) in [5.74, 6) is 0.386. The van der Waals surface area contributed by atoms with Crippen LogP contribution in [0.15, 0.2) is 53.0 Å². The second-order valence-corrected chi connectivity index (χ2v) is 11.1. The van der Waals surface area contributed by atoms with E-state index < -0.39 is 6.04 Å². The first-order chi connectivity index (χ1) is 16.1. The van der Waals surface area contributed by atoms with Crippen molar-refractivity contribution in [3.63, 3.8) is 0 Å². The Balaban J connectivity index is 1.75. The molecule has 1 atom stereocenters. The molecule has 0 unspecified atom stereocenters. The molecule has 2 aromatic rings.